The molecule has 4 atom stereocenters. The van der Waals surface area contributed by atoms with Gasteiger partial charge in [-0.25, -0.2) is 18.2 Å². The molecule has 4 aliphatic heterocycles. The standard InChI is InChI=1S/C30H30ClF3N6O2S/c31-20-10-19-24(23(34)22(20)18-4-5-21(33)26-25(18)36-28(35)43-26)37-29(42-13-30-6-1-7-39(30)12-14(32)11-30)38-27(19)40-15-2-3-16(40)9-17(41)8-15/h4-5,10,14-17,41H,1-3,6-9,11-13H2,(H2,35,36)/t14-,15?,16?,17?,30+/m1/s1. The van der Waals surface area contributed by atoms with Crippen molar-refractivity contribution in [1.29, 1.82) is 0 Å². The second-order valence-electron chi connectivity index (χ2n) is 12.4. The van der Waals surface area contributed by atoms with E-state index >= 15 is 4.39 Å². The zero-order valence-electron chi connectivity index (χ0n) is 23.2. The van der Waals surface area contributed by atoms with Crippen LogP contribution in [-0.4, -0.2) is 74.6 Å². The zero-order valence-corrected chi connectivity index (χ0v) is 24.8. The summed E-state index contributed by atoms with van der Waals surface area (Å²) in [4.78, 5) is 18.0. The summed E-state index contributed by atoms with van der Waals surface area (Å²) in [6.45, 7) is 1.40. The normalized spacial score (nSPS) is 28.8. The first-order valence-corrected chi connectivity index (χ1v) is 15.9. The average Bonchev–Trinajstić information content (AvgIpc) is 3.69. The minimum absolute atomic E-state index is 0.00545. The third-order valence-electron chi connectivity index (χ3n) is 9.81. The Morgan fingerprint density at radius 3 is 2.72 bits per heavy atom. The fourth-order valence-electron chi connectivity index (χ4n) is 8.00. The van der Waals surface area contributed by atoms with E-state index in [9.17, 15) is 13.9 Å². The maximum atomic E-state index is 16.8. The molecular weight excluding hydrogens is 601 g/mol. The van der Waals surface area contributed by atoms with Gasteiger partial charge in [0.05, 0.1) is 26.9 Å². The lowest BCUT2D eigenvalue weighted by Gasteiger charge is -2.38. The molecule has 0 spiro atoms. The molecule has 4 aromatic rings. The average molecular weight is 631 g/mol. The van der Waals surface area contributed by atoms with Crippen LogP contribution < -0.4 is 15.4 Å². The lowest BCUT2D eigenvalue weighted by Crippen LogP contribution is -2.45. The topological polar surface area (TPSA) is 101 Å². The monoisotopic (exact) mass is 630 g/mol. The number of halogens is 4. The number of piperidine rings is 1. The number of nitrogen functional groups attached to an aromatic ring is 1. The number of ether oxygens (including phenoxy) is 1. The van der Waals surface area contributed by atoms with E-state index in [-0.39, 0.29) is 56.2 Å². The molecule has 2 unspecified atom stereocenters. The first-order valence-electron chi connectivity index (χ1n) is 14.7. The molecule has 0 amide bonds. The van der Waals surface area contributed by atoms with E-state index in [0.717, 1.165) is 43.6 Å². The van der Waals surface area contributed by atoms with Crippen LogP contribution in [0.25, 0.3) is 32.2 Å². The Morgan fingerprint density at radius 2 is 1.93 bits per heavy atom. The molecule has 8 rings (SSSR count). The second-order valence-corrected chi connectivity index (χ2v) is 13.8. The number of nitrogens with two attached hydrogens (primary N) is 1. The smallest absolute Gasteiger partial charge is 0.319 e. The molecule has 6 heterocycles. The molecule has 2 bridgehead atoms. The van der Waals surface area contributed by atoms with Crippen LogP contribution in [0.1, 0.15) is 44.9 Å². The van der Waals surface area contributed by atoms with Crippen molar-refractivity contribution in [3.63, 3.8) is 0 Å². The fraction of sp³-hybridized carbons (Fsp3) is 0.500. The van der Waals surface area contributed by atoms with Crippen molar-refractivity contribution in [2.75, 3.05) is 30.3 Å². The second kappa shape index (κ2) is 10.0. The van der Waals surface area contributed by atoms with E-state index in [2.05, 4.69) is 19.8 Å². The van der Waals surface area contributed by atoms with Gasteiger partial charge in [0, 0.05) is 41.6 Å². The number of hydrogen-bond acceptors (Lipinski definition) is 9. The predicted molar refractivity (Wildman–Crippen MR) is 161 cm³/mol. The molecule has 0 radical (unpaired) electrons. The Morgan fingerprint density at radius 1 is 1.14 bits per heavy atom. The Labute approximate surface area is 254 Å². The number of rotatable bonds is 5. The van der Waals surface area contributed by atoms with Gasteiger partial charge < -0.3 is 20.5 Å². The minimum atomic E-state index is -0.915. The van der Waals surface area contributed by atoms with E-state index < -0.39 is 29.4 Å². The molecule has 4 saturated heterocycles. The van der Waals surface area contributed by atoms with Crippen molar-refractivity contribution in [1.82, 2.24) is 19.9 Å². The summed E-state index contributed by atoms with van der Waals surface area (Å²) in [5.41, 5.74) is 6.04. The maximum Gasteiger partial charge on any atom is 0.319 e. The molecule has 0 saturated carbocycles. The van der Waals surface area contributed by atoms with Gasteiger partial charge in [0.1, 0.15) is 29.9 Å². The molecule has 226 valence electrons. The SMILES string of the molecule is Nc1nc2c(-c3c(Cl)cc4c(N5C6CCC5CC(O)C6)nc(OC[C@@]56CCCN5C[C@H](F)C6)nc4c3F)ccc(F)c2s1. The number of thiazole rings is 1. The molecular formula is C30H30ClF3N6O2S. The highest BCUT2D eigenvalue weighted by Gasteiger charge is 2.49. The zero-order chi connectivity index (χ0) is 29.6. The Kier molecular flexibility index (Phi) is 6.45. The Hall–Kier alpha value is -2.93. The number of nitrogens with zero attached hydrogens (tertiary/aromatic N) is 5. The van der Waals surface area contributed by atoms with Crippen LogP contribution >= 0.6 is 22.9 Å². The van der Waals surface area contributed by atoms with Crippen molar-refractivity contribution >= 4 is 55.0 Å². The first kappa shape index (κ1) is 27.6. The van der Waals surface area contributed by atoms with Gasteiger partial charge in [-0.2, -0.15) is 9.97 Å². The number of alkyl halides is 1. The van der Waals surface area contributed by atoms with E-state index in [0.29, 0.717) is 42.6 Å². The third-order valence-corrected chi connectivity index (χ3v) is 11.0. The molecule has 4 aliphatic rings. The molecule has 43 heavy (non-hydrogen) atoms. The molecule has 3 N–H and O–H groups in total. The van der Waals surface area contributed by atoms with Gasteiger partial charge in [0.25, 0.3) is 0 Å². The van der Waals surface area contributed by atoms with Crippen molar-refractivity contribution < 1.29 is 23.0 Å². The van der Waals surface area contributed by atoms with Gasteiger partial charge in [-0.1, -0.05) is 22.9 Å². The van der Waals surface area contributed by atoms with E-state index in [1.54, 1.807) is 6.07 Å². The van der Waals surface area contributed by atoms with E-state index in [1.165, 1.54) is 12.1 Å². The predicted octanol–water partition coefficient (Wildman–Crippen LogP) is 5.87. The van der Waals surface area contributed by atoms with Gasteiger partial charge in [-0.05, 0) is 63.3 Å². The van der Waals surface area contributed by atoms with Crippen LogP contribution in [0.5, 0.6) is 6.01 Å². The summed E-state index contributed by atoms with van der Waals surface area (Å²) in [7, 11) is 0. The maximum absolute atomic E-state index is 16.8. The molecule has 4 fully saturated rings. The molecule has 2 aromatic carbocycles. The highest BCUT2D eigenvalue weighted by atomic mass is 35.5. The Balaban J connectivity index is 1.28. The number of anilines is 2. The van der Waals surface area contributed by atoms with Crippen LogP contribution in [0.3, 0.4) is 0 Å². The van der Waals surface area contributed by atoms with Crippen LogP contribution in [-0.2, 0) is 0 Å². The lowest BCUT2D eigenvalue weighted by atomic mass is 9.95. The van der Waals surface area contributed by atoms with Crippen molar-refractivity contribution in [3.8, 4) is 17.1 Å². The number of aromatic nitrogens is 3. The lowest BCUT2D eigenvalue weighted by molar-refractivity contribution is 0.107. The van der Waals surface area contributed by atoms with Crippen molar-refractivity contribution in [2.45, 2.75) is 74.8 Å². The molecule has 13 heteroatoms. The van der Waals surface area contributed by atoms with Crippen molar-refractivity contribution in [3.05, 3.63) is 34.9 Å². The van der Waals surface area contributed by atoms with E-state index in [1.807, 2.05) is 0 Å². The quantitative estimate of drug-likeness (QED) is 0.283. The van der Waals surface area contributed by atoms with Gasteiger partial charge in [0.15, 0.2) is 10.9 Å². The number of aliphatic hydroxyl groups excluding tert-OH is 1. The molecule has 2 aromatic heterocycles. The minimum Gasteiger partial charge on any atom is -0.461 e. The molecule has 0 aliphatic carbocycles. The summed E-state index contributed by atoms with van der Waals surface area (Å²) < 4.78 is 52.2. The van der Waals surface area contributed by atoms with E-state index in [4.69, 9.17) is 27.1 Å². The number of hydrogen-bond donors (Lipinski definition) is 2. The number of aliphatic hydroxyl groups is 1. The van der Waals surface area contributed by atoms with Gasteiger partial charge in [-0.3, -0.25) is 4.90 Å². The van der Waals surface area contributed by atoms with Gasteiger partial charge in [0.2, 0.25) is 0 Å². The van der Waals surface area contributed by atoms with Crippen LogP contribution in [0.2, 0.25) is 5.02 Å². The first-order chi connectivity index (χ1) is 20.7. The van der Waals surface area contributed by atoms with Crippen LogP contribution in [0.4, 0.5) is 24.1 Å². The largest absolute Gasteiger partial charge is 0.461 e. The van der Waals surface area contributed by atoms with Crippen LogP contribution in [0, 0.1) is 11.6 Å². The number of benzene rings is 2. The summed E-state index contributed by atoms with van der Waals surface area (Å²) in [5.74, 6) is -0.703. The number of fused-ring (bicyclic) bond motifs is 5. The van der Waals surface area contributed by atoms with Gasteiger partial charge in [-0.15, -0.1) is 0 Å². The Bertz CT molecular complexity index is 1760. The summed E-state index contributed by atoms with van der Waals surface area (Å²) in [6.07, 6.45) is 3.77. The van der Waals surface area contributed by atoms with Crippen molar-refractivity contribution in [2.24, 2.45) is 0 Å². The summed E-state index contributed by atoms with van der Waals surface area (Å²) in [6, 6.07) is 4.40. The summed E-state index contributed by atoms with van der Waals surface area (Å²) >= 11 is 7.78. The highest BCUT2D eigenvalue weighted by molar-refractivity contribution is 7.22. The van der Waals surface area contributed by atoms with Gasteiger partial charge >= 0.3 is 6.01 Å². The highest BCUT2D eigenvalue weighted by Crippen LogP contribution is 2.46. The van der Waals surface area contributed by atoms with Crippen LogP contribution in [0.15, 0.2) is 18.2 Å². The summed E-state index contributed by atoms with van der Waals surface area (Å²) in [5, 5.41) is 11.1. The fourth-order valence-corrected chi connectivity index (χ4v) is 9.06. The third kappa shape index (κ3) is 4.35. The molecule has 8 nitrogen and oxygen atoms in total.